The maximum atomic E-state index is 13.4. The monoisotopic (exact) mass is 306 g/mol. The highest BCUT2D eigenvalue weighted by Gasteiger charge is 2.29. The number of hydrogen-bond acceptors (Lipinski definition) is 1. The number of rotatable bonds is 5. The third-order valence-electron chi connectivity index (χ3n) is 3.44. The van der Waals surface area contributed by atoms with Crippen LogP contribution in [0.15, 0.2) is 55.1 Å². The summed E-state index contributed by atoms with van der Waals surface area (Å²) in [5.41, 5.74) is 0.633. The highest BCUT2D eigenvalue weighted by Crippen LogP contribution is 2.35. The molecule has 2 aromatic rings. The van der Waals surface area contributed by atoms with Gasteiger partial charge >= 0.3 is 5.97 Å². The maximum Gasteiger partial charge on any atom is 0.311 e. The first-order valence-corrected chi connectivity index (χ1v) is 6.50. The summed E-state index contributed by atoms with van der Waals surface area (Å²) in [6, 6.07) is 8.19. The Morgan fingerprint density at radius 1 is 1.00 bits per heavy atom. The molecule has 0 saturated heterocycles. The topological polar surface area (TPSA) is 37.3 Å². The van der Waals surface area contributed by atoms with E-state index in [1.165, 1.54) is 24.3 Å². The minimum Gasteiger partial charge on any atom is -0.481 e. The van der Waals surface area contributed by atoms with Crippen molar-refractivity contribution in [2.45, 2.75) is 11.8 Å². The van der Waals surface area contributed by atoms with E-state index in [9.17, 15) is 23.1 Å². The van der Waals surface area contributed by atoms with Crippen LogP contribution in [0, 0.1) is 17.5 Å². The van der Waals surface area contributed by atoms with Crippen molar-refractivity contribution in [3.8, 4) is 0 Å². The first-order valence-electron chi connectivity index (χ1n) is 6.50. The van der Waals surface area contributed by atoms with Crippen molar-refractivity contribution in [3.63, 3.8) is 0 Å². The zero-order chi connectivity index (χ0) is 16.3. The van der Waals surface area contributed by atoms with Gasteiger partial charge in [0.25, 0.3) is 0 Å². The highest BCUT2D eigenvalue weighted by atomic mass is 19.2. The van der Waals surface area contributed by atoms with Gasteiger partial charge in [-0.1, -0.05) is 24.3 Å². The number of hydrogen-bond donors (Lipinski definition) is 1. The van der Waals surface area contributed by atoms with Gasteiger partial charge in [-0.25, -0.2) is 13.2 Å². The predicted octanol–water partition coefficient (Wildman–Crippen LogP) is 4.24. The van der Waals surface area contributed by atoms with Gasteiger partial charge in [0.05, 0.1) is 5.92 Å². The second-order valence-corrected chi connectivity index (χ2v) is 4.80. The average molecular weight is 306 g/mol. The largest absolute Gasteiger partial charge is 0.481 e. The van der Waals surface area contributed by atoms with E-state index in [0.29, 0.717) is 5.56 Å². The summed E-state index contributed by atoms with van der Waals surface area (Å²) in [5, 5.41) is 9.47. The smallest absolute Gasteiger partial charge is 0.311 e. The molecule has 0 aliphatic heterocycles. The normalized spacial score (nSPS) is 13.4. The van der Waals surface area contributed by atoms with Crippen LogP contribution in [0.25, 0.3) is 0 Å². The Kier molecular flexibility index (Phi) is 4.65. The van der Waals surface area contributed by atoms with Crippen molar-refractivity contribution < 1.29 is 23.1 Å². The van der Waals surface area contributed by atoms with E-state index in [1.54, 1.807) is 0 Å². The summed E-state index contributed by atoms with van der Waals surface area (Å²) in [6.07, 6.45) is 1.36. The van der Waals surface area contributed by atoms with E-state index in [0.717, 1.165) is 24.3 Å². The molecular formula is C17H13F3O2. The van der Waals surface area contributed by atoms with Crippen LogP contribution in [-0.4, -0.2) is 11.1 Å². The number of allylic oxidation sites excluding steroid dienone is 1. The van der Waals surface area contributed by atoms with Crippen LogP contribution in [0.3, 0.4) is 0 Å². The van der Waals surface area contributed by atoms with Crippen LogP contribution >= 0.6 is 0 Å². The summed E-state index contributed by atoms with van der Waals surface area (Å²) in [5.74, 6) is -5.59. The first kappa shape index (κ1) is 15.8. The molecule has 0 saturated carbocycles. The molecule has 5 heteroatoms. The van der Waals surface area contributed by atoms with Crippen LogP contribution < -0.4 is 0 Å². The Hall–Kier alpha value is -2.56. The summed E-state index contributed by atoms with van der Waals surface area (Å²) in [6.45, 7) is 3.58. The molecule has 22 heavy (non-hydrogen) atoms. The summed E-state index contributed by atoms with van der Waals surface area (Å²) in [4.78, 5) is 11.6. The Bertz CT molecular complexity index is 696. The molecule has 2 unspecified atom stereocenters. The SMILES string of the molecule is C=CC(c1ccc(F)c(F)c1)C(C(=O)O)c1ccc(F)cc1. The molecule has 0 spiro atoms. The van der Waals surface area contributed by atoms with Gasteiger partial charge in [-0.15, -0.1) is 6.58 Å². The Morgan fingerprint density at radius 3 is 2.09 bits per heavy atom. The minimum absolute atomic E-state index is 0.283. The molecule has 0 heterocycles. The van der Waals surface area contributed by atoms with Crippen molar-refractivity contribution in [2.75, 3.05) is 0 Å². The van der Waals surface area contributed by atoms with E-state index < -0.39 is 35.3 Å². The minimum atomic E-state index is -1.17. The lowest BCUT2D eigenvalue weighted by molar-refractivity contribution is -0.139. The molecule has 0 aromatic heterocycles. The predicted molar refractivity (Wildman–Crippen MR) is 76.1 cm³/mol. The van der Waals surface area contributed by atoms with Gasteiger partial charge in [0.15, 0.2) is 11.6 Å². The van der Waals surface area contributed by atoms with Crippen LogP contribution in [0.4, 0.5) is 13.2 Å². The van der Waals surface area contributed by atoms with Crippen molar-refractivity contribution in [1.82, 2.24) is 0 Å². The van der Waals surface area contributed by atoms with Gasteiger partial charge < -0.3 is 5.11 Å². The van der Waals surface area contributed by atoms with Gasteiger partial charge in [-0.05, 0) is 35.4 Å². The third-order valence-corrected chi connectivity index (χ3v) is 3.44. The molecule has 0 radical (unpaired) electrons. The molecule has 2 nitrogen and oxygen atoms in total. The molecule has 2 rings (SSSR count). The third kappa shape index (κ3) is 3.19. The van der Waals surface area contributed by atoms with Gasteiger partial charge in [-0.2, -0.15) is 0 Å². The summed E-state index contributed by atoms with van der Waals surface area (Å²) < 4.78 is 39.4. The van der Waals surface area contributed by atoms with Crippen molar-refractivity contribution in [3.05, 3.63) is 83.7 Å². The Labute approximate surface area is 125 Å². The van der Waals surface area contributed by atoms with Crippen molar-refractivity contribution >= 4 is 5.97 Å². The fraction of sp³-hybridized carbons (Fsp3) is 0.118. The van der Waals surface area contributed by atoms with Gasteiger partial charge in [0, 0.05) is 5.92 Å². The maximum absolute atomic E-state index is 13.4. The Morgan fingerprint density at radius 2 is 1.59 bits per heavy atom. The van der Waals surface area contributed by atoms with Crippen LogP contribution in [0.2, 0.25) is 0 Å². The summed E-state index contributed by atoms with van der Waals surface area (Å²) in [7, 11) is 0. The molecule has 0 bridgehead atoms. The van der Waals surface area contributed by atoms with Crippen LogP contribution in [-0.2, 0) is 4.79 Å². The Balaban J connectivity index is 2.48. The van der Waals surface area contributed by atoms with E-state index in [2.05, 4.69) is 6.58 Å². The fourth-order valence-corrected chi connectivity index (χ4v) is 2.36. The molecule has 114 valence electrons. The van der Waals surface area contributed by atoms with Gasteiger partial charge in [-0.3, -0.25) is 4.79 Å². The summed E-state index contributed by atoms with van der Waals surface area (Å²) >= 11 is 0. The number of carboxylic acid groups (broad SMARTS) is 1. The molecule has 2 atom stereocenters. The van der Waals surface area contributed by atoms with Crippen LogP contribution in [0.5, 0.6) is 0 Å². The fourth-order valence-electron chi connectivity index (χ4n) is 2.36. The van der Waals surface area contributed by atoms with E-state index in [4.69, 9.17) is 0 Å². The number of aliphatic carboxylic acids is 1. The molecule has 0 fully saturated rings. The first-order chi connectivity index (χ1) is 10.4. The van der Waals surface area contributed by atoms with E-state index in [1.807, 2.05) is 0 Å². The number of carbonyl (C=O) groups is 1. The van der Waals surface area contributed by atoms with Crippen molar-refractivity contribution in [2.24, 2.45) is 0 Å². The lowest BCUT2D eigenvalue weighted by Gasteiger charge is -2.22. The highest BCUT2D eigenvalue weighted by molar-refractivity contribution is 5.78. The van der Waals surface area contributed by atoms with E-state index in [-0.39, 0.29) is 5.56 Å². The molecule has 0 aliphatic carbocycles. The lowest BCUT2D eigenvalue weighted by Crippen LogP contribution is -2.19. The lowest BCUT2D eigenvalue weighted by atomic mass is 9.81. The van der Waals surface area contributed by atoms with Crippen molar-refractivity contribution in [1.29, 1.82) is 0 Å². The number of benzene rings is 2. The molecule has 2 aromatic carbocycles. The van der Waals surface area contributed by atoms with Crippen LogP contribution in [0.1, 0.15) is 23.0 Å². The molecular weight excluding hydrogens is 293 g/mol. The quantitative estimate of drug-likeness (QED) is 0.839. The molecule has 1 N–H and O–H groups in total. The molecule has 0 aliphatic rings. The second-order valence-electron chi connectivity index (χ2n) is 4.80. The standard InChI is InChI=1S/C17H13F3O2/c1-2-13(11-5-8-14(19)15(20)9-11)16(17(21)22)10-3-6-12(18)7-4-10/h2-9,13,16H,1H2,(H,21,22). The van der Waals surface area contributed by atoms with Gasteiger partial charge in [0.2, 0.25) is 0 Å². The number of carboxylic acids is 1. The molecule has 0 amide bonds. The average Bonchev–Trinajstić information content (AvgIpc) is 2.48. The van der Waals surface area contributed by atoms with E-state index >= 15 is 0 Å². The number of halogens is 3. The second kappa shape index (κ2) is 6.47. The zero-order valence-electron chi connectivity index (χ0n) is 11.5. The van der Waals surface area contributed by atoms with Gasteiger partial charge in [0.1, 0.15) is 5.82 Å². The zero-order valence-corrected chi connectivity index (χ0v) is 11.5.